The van der Waals surface area contributed by atoms with E-state index in [0.29, 0.717) is 34.3 Å². The molecule has 4 aromatic carbocycles. The van der Waals surface area contributed by atoms with E-state index in [9.17, 15) is 9.59 Å². The molecule has 2 heterocycles. The van der Waals surface area contributed by atoms with Gasteiger partial charge in [-0.3, -0.25) is 19.4 Å². The number of unbranched alkanes of at least 4 members (excludes halogenated alkanes) is 1. The van der Waals surface area contributed by atoms with Crippen molar-refractivity contribution < 1.29 is 9.59 Å². The largest absolute Gasteiger partial charge is 0.360 e. The van der Waals surface area contributed by atoms with Crippen LogP contribution in [0, 0.1) is 0 Å². The summed E-state index contributed by atoms with van der Waals surface area (Å²) in [5.41, 5.74) is 5.26. The van der Waals surface area contributed by atoms with E-state index in [1.807, 2.05) is 48.8 Å². The van der Waals surface area contributed by atoms with E-state index in [1.165, 1.54) is 11.1 Å². The number of ketones is 2. The van der Waals surface area contributed by atoms with Crippen LogP contribution in [-0.2, 0) is 13.1 Å². The Balaban J connectivity index is 1.09. The molecule has 0 spiro atoms. The van der Waals surface area contributed by atoms with Gasteiger partial charge in [0.15, 0.2) is 11.6 Å². The van der Waals surface area contributed by atoms with Crippen LogP contribution in [0.1, 0.15) is 44.7 Å². The Morgan fingerprint density at radius 2 is 0.896 bits per heavy atom. The summed E-state index contributed by atoms with van der Waals surface area (Å²) in [6, 6.07) is 35.0. The zero-order valence-corrected chi connectivity index (χ0v) is 28.5. The summed E-state index contributed by atoms with van der Waals surface area (Å²) in [6.07, 6.45) is 6.00. The fourth-order valence-corrected chi connectivity index (χ4v) is 6.58. The van der Waals surface area contributed by atoms with E-state index < -0.39 is 0 Å². The molecule has 0 aromatic heterocycles. The Hall–Kier alpha value is -4.20. The van der Waals surface area contributed by atoms with E-state index in [1.54, 1.807) is 48.5 Å². The molecule has 0 unspecified atom stereocenters. The van der Waals surface area contributed by atoms with E-state index >= 15 is 0 Å². The number of hydrogen-bond acceptors (Lipinski definition) is 6. The Bertz CT molecular complexity index is 1610. The van der Waals surface area contributed by atoms with Gasteiger partial charge in [0, 0.05) is 84.0 Å². The molecule has 0 saturated carbocycles. The van der Waals surface area contributed by atoms with Crippen molar-refractivity contribution in [3.05, 3.63) is 165 Å². The maximum atomic E-state index is 13.5. The third-order valence-electron chi connectivity index (χ3n) is 8.68. The third kappa shape index (κ3) is 9.24. The van der Waals surface area contributed by atoms with Crippen molar-refractivity contribution in [2.45, 2.75) is 25.9 Å². The van der Waals surface area contributed by atoms with Crippen molar-refractivity contribution in [3.8, 4) is 0 Å². The molecular weight excluding hydrogens is 639 g/mol. The number of benzene rings is 4. The fraction of sp³-hybridized carbons (Fsp3) is 0.250. The molecular formula is C40H40Cl2N4O2. The van der Waals surface area contributed by atoms with Crippen molar-refractivity contribution in [3.63, 3.8) is 0 Å². The lowest BCUT2D eigenvalue weighted by molar-refractivity contribution is 0.0959. The molecule has 0 aliphatic carbocycles. The van der Waals surface area contributed by atoms with Crippen LogP contribution in [-0.4, -0.2) is 70.7 Å². The molecule has 4 aromatic rings. The first kappa shape index (κ1) is 33.7. The lowest BCUT2D eigenvalue weighted by Crippen LogP contribution is -2.43. The van der Waals surface area contributed by atoms with Crippen molar-refractivity contribution in [2.75, 3.05) is 39.5 Å². The first-order valence-corrected chi connectivity index (χ1v) is 17.2. The normalized spacial score (nSPS) is 15.6. The summed E-state index contributed by atoms with van der Waals surface area (Å²) in [5, 5.41) is 1.23. The zero-order valence-electron chi connectivity index (χ0n) is 27.0. The highest BCUT2D eigenvalue weighted by molar-refractivity contribution is 6.31. The second kappa shape index (κ2) is 16.3. The highest BCUT2D eigenvalue weighted by atomic mass is 35.5. The highest BCUT2D eigenvalue weighted by Crippen LogP contribution is 2.22. The van der Waals surface area contributed by atoms with Gasteiger partial charge in [-0.25, -0.2) is 0 Å². The lowest BCUT2D eigenvalue weighted by Gasteiger charge is -2.36. The summed E-state index contributed by atoms with van der Waals surface area (Å²) in [6.45, 7) is 5.91. The summed E-state index contributed by atoms with van der Waals surface area (Å²) in [7, 11) is 0. The Morgan fingerprint density at radius 1 is 0.521 bits per heavy atom. The minimum absolute atomic E-state index is 0.0333. The molecule has 6 nitrogen and oxygen atoms in total. The second-order valence-corrected chi connectivity index (χ2v) is 13.4. The van der Waals surface area contributed by atoms with E-state index in [-0.39, 0.29) is 11.6 Å². The van der Waals surface area contributed by atoms with Crippen molar-refractivity contribution in [1.82, 2.24) is 19.6 Å². The number of carbonyl (C=O) groups excluding carboxylic acids is 2. The Morgan fingerprint density at radius 3 is 1.27 bits per heavy atom. The van der Waals surface area contributed by atoms with Crippen LogP contribution in [0.4, 0.5) is 0 Å². The van der Waals surface area contributed by atoms with E-state index in [2.05, 4.69) is 43.9 Å². The van der Waals surface area contributed by atoms with Crippen molar-refractivity contribution in [1.29, 1.82) is 0 Å². The quantitative estimate of drug-likeness (QED) is 0.105. The van der Waals surface area contributed by atoms with Crippen LogP contribution < -0.4 is 0 Å². The van der Waals surface area contributed by atoms with Crippen LogP contribution in [0.5, 0.6) is 0 Å². The first-order chi connectivity index (χ1) is 23.4. The Labute approximate surface area is 293 Å². The van der Waals surface area contributed by atoms with Gasteiger partial charge in [0.1, 0.15) is 0 Å². The van der Waals surface area contributed by atoms with Crippen LogP contribution in [0.2, 0.25) is 10.0 Å². The molecule has 246 valence electrons. The topological polar surface area (TPSA) is 47.1 Å². The predicted molar refractivity (Wildman–Crippen MR) is 194 cm³/mol. The first-order valence-electron chi connectivity index (χ1n) is 16.4. The minimum Gasteiger partial charge on any atom is -0.360 e. The molecule has 0 fully saturated rings. The number of Topliss-reactive ketones (excluding diaryl/α,β-unsaturated/α-hetero) is 2. The maximum Gasteiger partial charge on any atom is 0.191 e. The predicted octanol–water partition coefficient (Wildman–Crippen LogP) is 8.16. The van der Waals surface area contributed by atoms with E-state index in [0.717, 1.165) is 63.5 Å². The second-order valence-electron chi connectivity index (χ2n) is 12.5. The summed E-state index contributed by atoms with van der Waals surface area (Å²) >= 11 is 12.2. The van der Waals surface area contributed by atoms with Gasteiger partial charge in [-0.05, 0) is 72.5 Å². The molecule has 0 N–H and O–H groups in total. The summed E-state index contributed by atoms with van der Waals surface area (Å²) < 4.78 is 0. The number of rotatable bonds is 13. The van der Waals surface area contributed by atoms with Gasteiger partial charge in [-0.1, -0.05) is 83.9 Å². The number of hydrogen-bond donors (Lipinski definition) is 0. The van der Waals surface area contributed by atoms with Gasteiger partial charge >= 0.3 is 0 Å². The fourth-order valence-electron chi connectivity index (χ4n) is 6.33. The number of carbonyl (C=O) groups is 2. The van der Waals surface area contributed by atoms with Gasteiger partial charge in [-0.2, -0.15) is 0 Å². The van der Waals surface area contributed by atoms with Gasteiger partial charge < -0.3 is 9.80 Å². The zero-order chi connectivity index (χ0) is 33.3. The van der Waals surface area contributed by atoms with Crippen LogP contribution in [0.25, 0.3) is 0 Å². The molecule has 0 radical (unpaired) electrons. The van der Waals surface area contributed by atoms with E-state index in [4.69, 9.17) is 23.2 Å². The monoisotopic (exact) mass is 678 g/mol. The maximum absolute atomic E-state index is 13.5. The van der Waals surface area contributed by atoms with Gasteiger partial charge in [-0.15, -0.1) is 0 Å². The minimum atomic E-state index is 0.0333. The SMILES string of the molecule is O=C(C1=CN(Cc2ccccc2)CN(CCCCN2CC(C(=O)c3ccc(Cl)cc3)=CN(Cc3ccccc3)C2)C1)c1ccc(Cl)cc1. The van der Waals surface area contributed by atoms with Gasteiger partial charge in [0.2, 0.25) is 0 Å². The van der Waals surface area contributed by atoms with Crippen LogP contribution >= 0.6 is 23.2 Å². The molecule has 0 saturated heterocycles. The number of nitrogens with zero attached hydrogens (tertiary/aromatic N) is 4. The average molecular weight is 680 g/mol. The van der Waals surface area contributed by atoms with Crippen molar-refractivity contribution >= 4 is 34.8 Å². The van der Waals surface area contributed by atoms with Crippen molar-refractivity contribution in [2.24, 2.45) is 0 Å². The lowest BCUT2D eigenvalue weighted by atomic mass is 10.0. The number of halogens is 2. The average Bonchev–Trinajstić information content (AvgIpc) is 3.11. The molecule has 8 heteroatoms. The smallest absolute Gasteiger partial charge is 0.191 e. The van der Waals surface area contributed by atoms with Gasteiger partial charge in [0.05, 0.1) is 13.3 Å². The highest BCUT2D eigenvalue weighted by Gasteiger charge is 2.25. The van der Waals surface area contributed by atoms with Crippen LogP contribution in [0.15, 0.2) is 133 Å². The van der Waals surface area contributed by atoms with Gasteiger partial charge in [0.25, 0.3) is 0 Å². The standard InChI is InChI=1S/C40H40Cl2N4O2/c41-37-17-13-33(14-18-37)39(47)35-25-43(29-45(27-35)23-31-9-3-1-4-10-31)21-7-8-22-44-26-36(40(48)34-15-19-38(42)20-16-34)28-46(30-44)24-32-11-5-2-6-12-32/h1-6,9-20,27-28H,7-8,21-26,29-30H2. The molecule has 0 atom stereocenters. The third-order valence-corrected chi connectivity index (χ3v) is 9.18. The van der Waals surface area contributed by atoms with Crippen LogP contribution in [0.3, 0.4) is 0 Å². The Kier molecular flexibility index (Phi) is 11.4. The molecule has 0 amide bonds. The molecule has 2 aliphatic heterocycles. The molecule has 48 heavy (non-hydrogen) atoms. The summed E-state index contributed by atoms with van der Waals surface area (Å²) in [4.78, 5) is 36.3. The molecule has 2 aliphatic rings. The molecule has 6 rings (SSSR count). The summed E-state index contributed by atoms with van der Waals surface area (Å²) in [5.74, 6) is 0.0665. The molecule has 0 bridgehead atoms.